The molecule has 8 heteroatoms. The largest absolute Gasteiger partial charge is 0.383 e. The number of rotatable bonds is 6. The molecule has 2 aromatic heterocycles. The number of halogens is 1. The van der Waals surface area contributed by atoms with E-state index >= 15 is 0 Å². The number of nitrogens with one attached hydrogen (secondary N) is 1. The summed E-state index contributed by atoms with van der Waals surface area (Å²) in [5, 5.41) is 1.95. The van der Waals surface area contributed by atoms with Crippen molar-refractivity contribution in [2.75, 3.05) is 13.7 Å². The van der Waals surface area contributed by atoms with Gasteiger partial charge in [0.1, 0.15) is 5.82 Å². The first-order chi connectivity index (χ1) is 13.2. The van der Waals surface area contributed by atoms with E-state index in [9.17, 15) is 4.79 Å². The molecule has 27 heavy (non-hydrogen) atoms. The fraction of sp³-hybridized carbons (Fsp3) is 0.211. The van der Waals surface area contributed by atoms with Crippen LogP contribution < -0.4 is 5.56 Å². The summed E-state index contributed by atoms with van der Waals surface area (Å²) in [4.78, 5) is 24.4. The Kier molecular flexibility index (Phi) is 5.15. The Morgan fingerprint density at radius 2 is 2.04 bits per heavy atom. The molecule has 0 unspecified atom stereocenters. The molecule has 4 aromatic rings. The highest BCUT2D eigenvalue weighted by Crippen LogP contribution is 2.26. The molecule has 0 aliphatic carbocycles. The second-order valence-electron chi connectivity index (χ2n) is 5.99. The zero-order chi connectivity index (χ0) is 18.8. The average Bonchev–Trinajstić information content (AvgIpc) is 3.02. The lowest BCUT2D eigenvalue weighted by Crippen LogP contribution is -2.11. The number of aromatic amines is 1. The summed E-state index contributed by atoms with van der Waals surface area (Å²) in [5.41, 5.74) is 2.42. The van der Waals surface area contributed by atoms with Crippen LogP contribution in [0.2, 0.25) is 5.02 Å². The third-order valence-corrected chi connectivity index (χ3v) is 5.42. The molecule has 0 aliphatic heterocycles. The molecule has 4 rings (SSSR count). The highest BCUT2D eigenvalue weighted by Gasteiger charge is 2.12. The third kappa shape index (κ3) is 3.71. The van der Waals surface area contributed by atoms with E-state index in [1.54, 1.807) is 25.3 Å². The molecule has 0 amide bonds. The minimum atomic E-state index is -0.167. The maximum absolute atomic E-state index is 12.3. The van der Waals surface area contributed by atoms with E-state index < -0.39 is 0 Å². The van der Waals surface area contributed by atoms with Crippen LogP contribution in [0.4, 0.5) is 0 Å². The van der Waals surface area contributed by atoms with Crippen molar-refractivity contribution in [3.8, 4) is 0 Å². The van der Waals surface area contributed by atoms with E-state index in [2.05, 4.69) is 14.5 Å². The fourth-order valence-electron chi connectivity index (χ4n) is 2.92. The van der Waals surface area contributed by atoms with Crippen LogP contribution in [0.1, 0.15) is 5.82 Å². The Morgan fingerprint density at radius 1 is 1.19 bits per heavy atom. The Labute approximate surface area is 164 Å². The van der Waals surface area contributed by atoms with Crippen molar-refractivity contribution in [1.82, 2.24) is 19.5 Å². The van der Waals surface area contributed by atoms with E-state index in [1.165, 1.54) is 11.8 Å². The summed E-state index contributed by atoms with van der Waals surface area (Å²) < 4.78 is 7.35. The van der Waals surface area contributed by atoms with Gasteiger partial charge >= 0.3 is 0 Å². The number of nitrogens with zero attached hydrogens (tertiary/aromatic N) is 3. The first-order valence-electron chi connectivity index (χ1n) is 8.41. The van der Waals surface area contributed by atoms with Gasteiger partial charge in [-0.3, -0.25) is 4.79 Å². The second kappa shape index (κ2) is 7.72. The number of benzene rings is 2. The average molecular weight is 401 g/mol. The van der Waals surface area contributed by atoms with Crippen molar-refractivity contribution in [3.05, 3.63) is 63.7 Å². The number of para-hydroxylation sites is 2. The number of hydrogen-bond acceptors (Lipinski definition) is 5. The maximum Gasteiger partial charge on any atom is 0.258 e. The van der Waals surface area contributed by atoms with Crippen molar-refractivity contribution in [2.45, 2.75) is 17.5 Å². The molecule has 0 radical (unpaired) electrons. The molecule has 2 aromatic carbocycles. The molecule has 0 atom stereocenters. The van der Waals surface area contributed by atoms with Crippen LogP contribution in [-0.2, 0) is 17.0 Å². The van der Waals surface area contributed by atoms with Crippen LogP contribution >= 0.6 is 23.4 Å². The number of hydrogen-bond donors (Lipinski definition) is 1. The van der Waals surface area contributed by atoms with Crippen LogP contribution in [0.15, 0.2) is 52.4 Å². The number of imidazole rings is 1. The summed E-state index contributed by atoms with van der Waals surface area (Å²) >= 11 is 7.56. The summed E-state index contributed by atoms with van der Waals surface area (Å²) in [6.45, 7) is 1.30. The molecule has 0 saturated carbocycles. The molecular weight excluding hydrogens is 384 g/mol. The van der Waals surface area contributed by atoms with Crippen LogP contribution in [0.5, 0.6) is 0 Å². The quantitative estimate of drug-likeness (QED) is 0.497. The minimum absolute atomic E-state index is 0.167. The monoisotopic (exact) mass is 400 g/mol. The van der Waals surface area contributed by atoms with E-state index in [4.69, 9.17) is 21.3 Å². The van der Waals surface area contributed by atoms with E-state index in [0.717, 1.165) is 16.2 Å². The van der Waals surface area contributed by atoms with Gasteiger partial charge in [0.05, 0.1) is 34.3 Å². The first-order valence-corrected chi connectivity index (χ1v) is 9.77. The molecular formula is C19H17ClN4O2S. The first kappa shape index (κ1) is 18.0. The Morgan fingerprint density at radius 3 is 2.89 bits per heavy atom. The van der Waals surface area contributed by atoms with E-state index in [0.29, 0.717) is 40.7 Å². The topological polar surface area (TPSA) is 72.8 Å². The van der Waals surface area contributed by atoms with Gasteiger partial charge < -0.3 is 14.3 Å². The van der Waals surface area contributed by atoms with E-state index in [1.807, 2.05) is 24.3 Å². The van der Waals surface area contributed by atoms with Crippen molar-refractivity contribution in [3.63, 3.8) is 0 Å². The Balaban J connectivity index is 1.65. The molecule has 1 N–H and O–H groups in total. The Hall–Kier alpha value is -2.35. The predicted octanol–water partition coefficient (Wildman–Crippen LogP) is 3.86. The van der Waals surface area contributed by atoms with Crippen LogP contribution in [-0.4, -0.2) is 33.2 Å². The number of H-pyrrole nitrogens is 1. The summed E-state index contributed by atoms with van der Waals surface area (Å²) in [6, 6.07) is 13.1. The normalized spacial score (nSPS) is 11.5. The number of aromatic nitrogens is 4. The van der Waals surface area contributed by atoms with Crippen molar-refractivity contribution in [2.24, 2.45) is 0 Å². The van der Waals surface area contributed by atoms with Gasteiger partial charge in [0.2, 0.25) is 0 Å². The standard InChI is InChI=1S/C19H17ClN4O2S/c1-26-9-8-24-16-5-3-2-4-14(16)22-19(24)27-11-17-21-15-10-12(20)6-7-13(15)18(25)23-17/h2-7,10H,8-9,11H2,1H3,(H,21,23,25). The van der Waals surface area contributed by atoms with Crippen LogP contribution in [0.3, 0.4) is 0 Å². The zero-order valence-electron chi connectivity index (χ0n) is 14.6. The summed E-state index contributed by atoms with van der Waals surface area (Å²) in [6.07, 6.45) is 0. The SMILES string of the molecule is COCCn1c(SCc2nc3cc(Cl)ccc3c(=O)[nH]2)nc2ccccc21. The highest BCUT2D eigenvalue weighted by atomic mass is 35.5. The Bertz CT molecular complexity index is 1170. The molecule has 0 fully saturated rings. The summed E-state index contributed by atoms with van der Waals surface area (Å²) in [7, 11) is 1.68. The second-order valence-corrected chi connectivity index (χ2v) is 7.37. The van der Waals surface area contributed by atoms with E-state index in [-0.39, 0.29) is 5.56 Å². The van der Waals surface area contributed by atoms with Gasteiger partial charge in [-0.25, -0.2) is 9.97 Å². The maximum atomic E-state index is 12.3. The lowest BCUT2D eigenvalue weighted by molar-refractivity contribution is 0.186. The third-order valence-electron chi connectivity index (χ3n) is 4.19. The molecule has 2 heterocycles. The molecule has 0 bridgehead atoms. The van der Waals surface area contributed by atoms with Gasteiger partial charge in [0.25, 0.3) is 5.56 Å². The van der Waals surface area contributed by atoms with Crippen molar-refractivity contribution in [1.29, 1.82) is 0 Å². The molecule has 6 nitrogen and oxygen atoms in total. The van der Waals surface area contributed by atoms with Crippen LogP contribution in [0, 0.1) is 0 Å². The number of methoxy groups -OCH3 is 1. The van der Waals surface area contributed by atoms with Crippen LogP contribution in [0.25, 0.3) is 21.9 Å². The zero-order valence-corrected chi connectivity index (χ0v) is 16.2. The fourth-order valence-corrected chi connectivity index (χ4v) is 4.00. The molecule has 0 saturated heterocycles. The number of ether oxygens (including phenoxy) is 1. The lowest BCUT2D eigenvalue weighted by Gasteiger charge is -2.08. The van der Waals surface area contributed by atoms with Gasteiger partial charge in [0.15, 0.2) is 5.16 Å². The van der Waals surface area contributed by atoms with Gasteiger partial charge in [-0.05, 0) is 30.3 Å². The smallest absolute Gasteiger partial charge is 0.258 e. The van der Waals surface area contributed by atoms with Gasteiger partial charge in [-0.2, -0.15) is 0 Å². The number of thioether (sulfide) groups is 1. The number of fused-ring (bicyclic) bond motifs is 2. The predicted molar refractivity (Wildman–Crippen MR) is 109 cm³/mol. The molecule has 0 spiro atoms. The lowest BCUT2D eigenvalue weighted by atomic mass is 10.2. The van der Waals surface area contributed by atoms with Gasteiger partial charge in [-0.1, -0.05) is 35.5 Å². The molecule has 0 aliphatic rings. The minimum Gasteiger partial charge on any atom is -0.383 e. The molecule has 138 valence electrons. The highest BCUT2D eigenvalue weighted by molar-refractivity contribution is 7.98. The van der Waals surface area contributed by atoms with Crippen molar-refractivity contribution >= 4 is 45.3 Å². The van der Waals surface area contributed by atoms with Gasteiger partial charge in [-0.15, -0.1) is 0 Å². The van der Waals surface area contributed by atoms with Crippen molar-refractivity contribution < 1.29 is 4.74 Å². The van der Waals surface area contributed by atoms with Gasteiger partial charge in [0, 0.05) is 18.7 Å². The summed E-state index contributed by atoms with van der Waals surface area (Å²) in [5.74, 6) is 1.08.